The molecule has 64 heavy (non-hydrogen) atoms. The van der Waals surface area contributed by atoms with E-state index in [0.29, 0.717) is 19.3 Å². The summed E-state index contributed by atoms with van der Waals surface area (Å²) in [6, 6.07) is 0. The Kier molecular flexibility index (Phi) is 37.3. The Morgan fingerprint density at radius 2 is 1.05 bits per heavy atom. The average Bonchev–Trinajstić information content (AvgIpc) is 3.26. The van der Waals surface area contributed by atoms with Gasteiger partial charge in [-0.2, -0.15) is 8.42 Å². The molecule has 1 saturated heterocycles. The van der Waals surface area contributed by atoms with Crippen LogP contribution in [-0.4, -0.2) is 96.0 Å². The van der Waals surface area contributed by atoms with Crippen LogP contribution in [0, 0.1) is 0 Å². The number of esters is 2. The number of carbonyl (C=O) groups is 2. The topological polar surface area (TPSA) is 186 Å². The third-order valence-electron chi connectivity index (χ3n) is 10.8. The molecule has 0 aromatic rings. The van der Waals surface area contributed by atoms with Gasteiger partial charge >= 0.3 is 11.9 Å². The predicted octanol–water partition coefficient (Wildman–Crippen LogP) is 10.7. The van der Waals surface area contributed by atoms with Gasteiger partial charge in [0.2, 0.25) is 0 Å². The SMILES string of the molecule is CCCCCCCC=C=CCCCCCCCC(=O)O[C@H](COC(=O)CCC/C=C/C/C=C/C/C=C/C/C=C/CCCCCCCCC)CO[C@H]1O[C@H](CS(=O)(=O)O)[C@@H](O)C(O)C1O. The van der Waals surface area contributed by atoms with E-state index in [4.69, 9.17) is 18.9 Å². The first-order valence-electron chi connectivity index (χ1n) is 24.6. The van der Waals surface area contributed by atoms with Crippen LogP contribution in [0.3, 0.4) is 0 Å². The number of carbonyl (C=O) groups excluding carboxylic acids is 2. The van der Waals surface area contributed by atoms with Gasteiger partial charge in [-0.3, -0.25) is 14.1 Å². The second-order valence-corrected chi connectivity index (χ2v) is 18.4. The Balaban J connectivity index is 2.46. The number of aliphatic hydroxyl groups is 3. The second-order valence-electron chi connectivity index (χ2n) is 16.9. The number of unbranched alkanes of at least 4 members (excludes halogenated alkanes) is 18. The fraction of sp³-hybridized carbons (Fsp3) is 0.745. The highest BCUT2D eigenvalue weighted by Gasteiger charge is 2.46. The van der Waals surface area contributed by atoms with E-state index < -0.39 is 71.2 Å². The molecule has 1 heterocycles. The van der Waals surface area contributed by atoms with Crippen LogP contribution >= 0.6 is 0 Å². The molecule has 6 atom stereocenters. The van der Waals surface area contributed by atoms with Crippen LogP contribution < -0.4 is 0 Å². The number of ether oxygens (including phenoxy) is 4. The van der Waals surface area contributed by atoms with Crippen molar-refractivity contribution in [1.82, 2.24) is 0 Å². The van der Waals surface area contributed by atoms with E-state index in [9.17, 15) is 37.9 Å². The average molecular weight is 923 g/mol. The maximum atomic E-state index is 12.8. The Bertz CT molecular complexity index is 1470. The first-order valence-corrected chi connectivity index (χ1v) is 26.2. The molecule has 0 aromatic carbocycles. The molecule has 1 aliphatic rings. The van der Waals surface area contributed by atoms with Crippen molar-refractivity contribution in [3.63, 3.8) is 0 Å². The summed E-state index contributed by atoms with van der Waals surface area (Å²) >= 11 is 0. The normalized spacial score (nSPS) is 19.8. The van der Waals surface area contributed by atoms with E-state index in [-0.39, 0.29) is 19.4 Å². The molecule has 1 rings (SSSR count). The standard InChI is InChI=1S/C51H86O12S/c1-3-5-7-9-11-13-15-17-19-20-21-22-23-24-26-27-29-31-33-35-37-39-46(52)60-41-44(42-61-51-50(56)49(55)48(54)45(63-51)43-64(57,58)59)62-47(53)40-38-36-34-32-30-28-25-18-16-14-12-10-8-6-4-2/h16,19-20,22-23,25-27,31,33,44-45,48-51,54-56H,3-15,17,21,24,28-30,32,34-43H2,1-2H3,(H,57,58,59)/b20-19+,23-22+,27-26+,33-31+/t18?,44-,45-,48-,49?,50?,51+/m1/s1. The van der Waals surface area contributed by atoms with Gasteiger partial charge in [0.25, 0.3) is 10.1 Å². The zero-order valence-electron chi connectivity index (χ0n) is 39.4. The zero-order chi connectivity index (χ0) is 46.9. The van der Waals surface area contributed by atoms with Crippen molar-refractivity contribution in [3.8, 4) is 0 Å². The molecule has 1 fully saturated rings. The highest BCUT2D eigenvalue weighted by atomic mass is 32.2. The summed E-state index contributed by atoms with van der Waals surface area (Å²) in [5, 5.41) is 30.9. The molecule has 0 radical (unpaired) electrons. The maximum absolute atomic E-state index is 12.8. The third kappa shape index (κ3) is 34.5. The molecule has 13 heteroatoms. The minimum atomic E-state index is -4.62. The molecule has 0 saturated carbocycles. The fourth-order valence-electron chi connectivity index (χ4n) is 7.00. The van der Waals surface area contributed by atoms with Crippen molar-refractivity contribution >= 4 is 22.1 Å². The lowest BCUT2D eigenvalue weighted by molar-refractivity contribution is -0.297. The van der Waals surface area contributed by atoms with Crippen molar-refractivity contribution in [2.45, 2.75) is 224 Å². The maximum Gasteiger partial charge on any atom is 0.306 e. The summed E-state index contributed by atoms with van der Waals surface area (Å²) in [6.45, 7) is 3.68. The number of allylic oxidation sites excluding steroid dienone is 9. The Hall–Kier alpha value is -2.87. The van der Waals surface area contributed by atoms with E-state index in [1.807, 2.05) is 6.08 Å². The summed E-state index contributed by atoms with van der Waals surface area (Å²) in [4.78, 5) is 25.4. The Morgan fingerprint density at radius 3 is 1.59 bits per heavy atom. The molecule has 0 bridgehead atoms. The van der Waals surface area contributed by atoms with Crippen molar-refractivity contribution in [2.75, 3.05) is 19.0 Å². The summed E-state index contributed by atoms with van der Waals surface area (Å²) in [7, 11) is -4.62. The van der Waals surface area contributed by atoms with Crippen LogP contribution in [0.2, 0.25) is 0 Å². The Labute approximate surface area is 387 Å². The monoisotopic (exact) mass is 923 g/mol. The summed E-state index contributed by atoms with van der Waals surface area (Å²) < 4.78 is 54.1. The molecular weight excluding hydrogens is 837 g/mol. The molecule has 2 unspecified atom stereocenters. The van der Waals surface area contributed by atoms with Crippen LogP contribution in [0.1, 0.15) is 187 Å². The molecule has 12 nitrogen and oxygen atoms in total. The number of hydrogen-bond acceptors (Lipinski definition) is 11. The van der Waals surface area contributed by atoms with Crippen molar-refractivity contribution in [1.29, 1.82) is 0 Å². The fourth-order valence-corrected chi connectivity index (χ4v) is 7.69. The second kappa shape index (κ2) is 40.4. The van der Waals surface area contributed by atoms with Gasteiger partial charge in [0.05, 0.1) is 6.61 Å². The lowest BCUT2D eigenvalue weighted by Gasteiger charge is -2.40. The third-order valence-corrected chi connectivity index (χ3v) is 11.6. The van der Waals surface area contributed by atoms with Gasteiger partial charge in [0.15, 0.2) is 12.4 Å². The molecule has 1 aliphatic heterocycles. The van der Waals surface area contributed by atoms with E-state index >= 15 is 0 Å². The van der Waals surface area contributed by atoms with Crippen molar-refractivity contribution in [2.24, 2.45) is 0 Å². The molecule has 0 aliphatic carbocycles. The minimum absolute atomic E-state index is 0.129. The summed E-state index contributed by atoms with van der Waals surface area (Å²) in [5.41, 5.74) is 3.27. The van der Waals surface area contributed by atoms with Crippen LogP contribution in [0.5, 0.6) is 0 Å². The first-order chi connectivity index (χ1) is 31.0. The summed E-state index contributed by atoms with van der Waals surface area (Å²) in [5.74, 6) is -2.08. The predicted molar refractivity (Wildman–Crippen MR) is 255 cm³/mol. The number of hydrogen-bond donors (Lipinski definition) is 4. The number of aliphatic hydroxyl groups excluding tert-OH is 3. The van der Waals surface area contributed by atoms with Gasteiger partial charge in [-0.25, -0.2) is 0 Å². The van der Waals surface area contributed by atoms with E-state index in [0.717, 1.165) is 64.2 Å². The molecular formula is C51H86O12S. The molecule has 0 spiro atoms. The van der Waals surface area contributed by atoms with Crippen LogP contribution in [0.25, 0.3) is 0 Å². The van der Waals surface area contributed by atoms with Gasteiger partial charge in [-0.05, 0) is 89.2 Å². The minimum Gasteiger partial charge on any atom is -0.462 e. The smallest absolute Gasteiger partial charge is 0.306 e. The van der Waals surface area contributed by atoms with Gasteiger partial charge < -0.3 is 34.3 Å². The van der Waals surface area contributed by atoms with Crippen LogP contribution in [-0.2, 0) is 38.7 Å². The number of rotatable bonds is 40. The van der Waals surface area contributed by atoms with Crippen molar-refractivity contribution < 1.29 is 56.8 Å². The van der Waals surface area contributed by atoms with Gasteiger partial charge in [0.1, 0.15) is 36.8 Å². The van der Waals surface area contributed by atoms with Gasteiger partial charge in [-0.1, -0.05) is 146 Å². The summed E-state index contributed by atoms with van der Waals surface area (Å²) in [6.07, 6.45) is 39.1. The zero-order valence-corrected chi connectivity index (χ0v) is 40.2. The molecule has 0 amide bonds. The largest absolute Gasteiger partial charge is 0.462 e. The van der Waals surface area contributed by atoms with Gasteiger partial charge in [-0.15, -0.1) is 5.73 Å². The van der Waals surface area contributed by atoms with Crippen LogP contribution in [0.4, 0.5) is 0 Å². The van der Waals surface area contributed by atoms with E-state index in [2.05, 4.69) is 74.3 Å². The first kappa shape index (κ1) is 59.1. The molecule has 368 valence electrons. The quantitative estimate of drug-likeness (QED) is 0.0150. The lowest BCUT2D eigenvalue weighted by atomic mass is 10.00. The van der Waals surface area contributed by atoms with E-state index in [1.54, 1.807) is 0 Å². The van der Waals surface area contributed by atoms with Crippen LogP contribution in [0.15, 0.2) is 66.5 Å². The lowest BCUT2D eigenvalue weighted by Crippen LogP contribution is -2.60. The van der Waals surface area contributed by atoms with Crippen molar-refractivity contribution in [3.05, 3.63) is 66.5 Å². The Morgan fingerprint density at radius 1 is 0.578 bits per heavy atom. The highest BCUT2D eigenvalue weighted by molar-refractivity contribution is 7.85. The molecule has 4 N–H and O–H groups in total. The van der Waals surface area contributed by atoms with Gasteiger partial charge in [0, 0.05) is 12.8 Å². The van der Waals surface area contributed by atoms with E-state index in [1.165, 1.54) is 77.0 Å². The molecule has 0 aromatic heterocycles. The highest BCUT2D eigenvalue weighted by Crippen LogP contribution is 2.24.